The molecule has 0 amide bonds. The molecule has 0 heterocycles. The van der Waals surface area contributed by atoms with Crippen molar-refractivity contribution in [2.45, 2.75) is 20.0 Å². The minimum Gasteiger partial charge on any atom is -0.450 e. The molecule has 0 aliphatic heterocycles. The van der Waals surface area contributed by atoms with E-state index in [1.54, 1.807) is 24.3 Å². The van der Waals surface area contributed by atoms with Crippen LogP contribution in [0.3, 0.4) is 0 Å². The van der Waals surface area contributed by atoms with Crippen LogP contribution in [0.4, 0.5) is 0 Å². The topological polar surface area (TPSA) is 43.4 Å². The molecule has 1 aromatic rings. The first-order valence-corrected chi connectivity index (χ1v) is 4.81. The van der Waals surface area contributed by atoms with E-state index in [4.69, 9.17) is 16.3 Å². The molecule has 15 heavy (non-hydrogen) atoms. The van der Waals surface area contributed by atoms with Crippen molar-refractivity contribution in [1.29, 1.82) is 0 Å². The molecule has 0 aromatic heterocycles. The van der Waals surface area contributed by atoms with Crippen molar-refractivity contribution >= 4 is 23.4 Å². The number of hydrogen-bond acceptors (Lipinski definition) is 3. The van der Waals surface area contributed by atoms with Crippen LogP contribution in [-0.4, -0.2) is 11.8 Å². The lowest BCUT2D eigenvalue weighted by Gasteiger charge is -2.13. The molecule has 0 aliphatic carbocycles. The summed E-state index contributed by atoms with van der Waals surface area (Å²) in [6.45, 7) is 2.65. The minimum atomic E-state index is -0.834. The molecule has 0 N–H and O–H groups in total. The van der Waals surface area contributed by atoms with Crippen molar-refractivity contribution in [2.24, 2.45) is 0 Å². The summed E-state index contributed by atoms with van der Waals surface area (Å²) < 4.78 is 4.91. The first-order valence-electron chi connectivity index (χ1n) is 4.44. The molecule has 1 rings (SSSR count). The summed E-state index contributed by atoms with van der Waals surface area (Å²) in [5.41, 5.74) is 0.627. The predicted molar refractivity (Wildman–Crippen MR) is 56.6 cm³/mol. The van der Waals surface area contributed by atoms with Gasteiger partial charge in [0.15, 0.2) is 11.9 Å². The van der Waals surface area contributed by atoms with Crippen molar-refractivity contribution in [3.8, 4) is 0 Å². The molecule has 0 bridgehead atoms. The number of halogens is 1. The average molecular weight is 227 g/mol. The van der Waals surface area contributed by atoms with E-state index in [9.17, 15) is 9.59 Å². The van der Waals surface area contributed by atoms with Gasteiger partial charge in [0, 0.05) is 17.5 Å². The lowest BCUT2D eigenvalue weighted by atomic mass is 10.1. The molecule has 1 unspecified atom stereocenters. The molecular formula is C11H11ClO3. The Bertz CT molecular complexity index is 370. The summed E-state index contributed by atoms with van der Waals surface area (Å²) >= 11 is 5.71. The third-order valence-electron chi connectivity index (χ3n) is 1.83. The molecule has 0 saturated carbocycles. The highest BCUT2D eigenvalue weighted by molar-refractivity contribution is 6.30. The number of hydrogen-bond donors (Lipinski definition) is 0. The zero-order chi connectivity index (χ0) is 11.4. The van der Waals surface area contributed by atoms with Crippen LogP contribution in [0.2, 0.25) is 5.02 Å². The summed E-state index contributed by atoms with van der Waals surface area (Å²) in [6, 6.07) is 6.63. The van der Waals surface area contributed by atoms with Crippen LogP contribution in [0.15, 0.2) is 24.3 Å². The maximum atomic E-state index is 11.3. The fourth-order valence-electron chi connectivity index (χ4n) is 1.19. The smallest absolute Gasteiger partial charge is 0.303 e. The Labute approximate surface area is 93.0 Å². The summed E-state index contributed by atoms with van der Waals surface area (Å²) in [4.78, 5) is 22.1. The molecule has 80 valence electrons. The van der Waals surface area contributed by atoms with Crippen molar-refractivity contribution in [3.63, 3.8) is 0 Å². The molecule has 0 saturated heterocycles. The standard InChI is InChI=1S/C11H11ClO3/c1-7(13)11(15-8(2)14)9-3-5-10(12)6-4-9/h3-6,11H,1-2H3. The molecule has 3 nitrogen and oxygen atoms in total. The van der Waals surface area contributed by atoms with Crippen LogP contribution in [0.25, 0.3) is 0 Å². The molecular weight excluding hydrogens is 216 g/mol. The Morgan fingerprint density at radius 3 is 2.13 bits per heavy atom. The van der Waals surface area contributed by atoms with E-state index in [0.717, 1.165) is 0 Å². The fraction of sp³-hybridized carbons (Fsp3) is 0.273. The van der Waals surface area contributed by atoms with Gasteiger partial charge in [-0.2, -0.15) is 0 Å². The van der Waals surface area contributed by atoms with Crippen molar-refractivity contribution < 1.29 is 14.3 Å². The van der Waals surface area contributed by atoms with Crippen molar-refractivity contribution in [2.75, 3.05) is 0 Å². The summed E-state index contributed by atoms with van der Waals surface area (Å²) in [7, 11) is 0. The fourth-order valence-corrected chi connectivity index (χ4v) is 1.32. The second kappa shape index (κ2) is 4.94. The number of carbonyl (C=O) groups is 2. The Hall–Kier alpha value is -1.35. The molecule has 1 atom stereocenters. The van der Waals surface area contributed by atoms with Gasteiger partial charge in [-0.15, -0.1) is 0 Å². The van der Waals surface area contributed by atoms with Gasteiger partial charge in [-0.1, -0.05) is 23.7 Å². The largest absolute Gasteiger partial charge is 0.450 e. The van der Waals surface area contributed by atoms with Crippen LogP contribution in [-0.2, 0) is 14.3 Å². The lowest BCUT2D eigenvalue weighted by molar-refractivity contribution is -0.152. The molecule has 0 spiro atoms. The third kappa shape index (κ3) is 3.36. The van der Waals surface area contributed by atoms with Gasteiger partial charge in [-0.05, 0) is 19.1 Å². The quantitative estimate of drug-likeness (QED) is 0.744. The van der Waals surface area contributed by atoms with Crippen LogP contribution in [0, 0.1) is 0 Å². The maximum Gasteiger partial charge on any atom is 0.303 e. The molecule has 4 heteroatoms. The molecule has 0 aliphatic rings. The van der Waals surface area contributed by atoms with Crippen LogP contribution in [0.5, 0.6) is 0 Å². The van der Waals surface area contributed by atoms with Gasteiger partial charge in [0.1, 0.15) is 0 Å². The summed E-state index contributed by atoms with van der Waals surface area (Å²) in [5.74, 6) is -0.697. The zero-order valence-corrected chi connectivity index (χ0v) is 9.25. The number of benzene rings is 1. The average Bonchev–Trinajstić information content (AvgIpc) is 2.15. The number of Topliss-reactive ketones (excluding diaryl/α,β-unsaturated/α-hetero) is 1. The molecule has 1 aromatic carbocycles. The van der Waals surface area contributed by atoms with Crippen LogP contribution in [0.1, 0.15) is 25.5 Å². The predicted octanol–water partition coefficient (Wildman–Crippen LogP) is 2.53. The number of rotatable bonds is 3. The van der Waals surface area contributed by atoms with Crippen LogP contribution < -0.4 is 0 Å². The Balaban J connectivity index is 2.94. The highest BCUT2D eigenvalue weighted by Crippen LogP contribution is 2.20. The number of ether oxygens (including phenoxy) is 1. The van der Waals surface area contributed by atoms with Gasteiger partial charge in [0.05, 0.1) is 0 Å². The first-order chi connectivity index (χ1) is 7.00. The highest BCUT2D eigenvalue weighted by Gasteiger charge is 2.19. The Morgan fingerprint density at radius 1 is 1.20 bits per heavy atom. The van der Waals surface area contributed by atoms with Gasteiger partial charge >= 0.3 is 5.97 Å². The molecule has 0 fully saturated rings. The number of carbonyl (C=O) groups excluding carboxylic acids is 2. The highest BCUT2D eigenvalue weighted by atomic mass is 35.5. The van der Waals surface area contributed by atoms with Gasteiger partial charge in [-0.3, -0.25) is 9.59 Å². The van der Waals surface area contributed by atoms with Crippen LogP contribution >= 0.6 is 11.6 Å². The van der Waals surface area contributed by atoms with E-state index in [1.165, 1.54) is 13.8 Å². The molecule has 0 radical (unpaired) electrons. The Kier molecular flexibility index (Phi) is 3.86. The second-order valence-electron chi connectivity index (χ2n) is 3.15. The monoisotopic (exact) mass is 226 g/mol. The summed E-state index contributed by atoms with van der Waals surface area (Å²) in [5, 5.41) is 0.573. The SMILES string of the molecule is CC(=O)OC(C(C)=O)c1ccc(Cl)cc1. The van der Waals surface area contributed by atoms with E-state index in [-0.39, 0.29) is 5.78 Å². The van der Waals surface area contributed by atoms with Gasteiger partial charge < -0.3 is 4.74 Å². The van der Waals surface area contributed by atoms with E-state index in [0.29, 0.717) is 10.6 Å². The second-order valence-corrected chi connectivity index (χ2v) is 3.59. The van der Waals surface area contributed by atoms with Crippen molar-refractivity contribution in [3.05, 3.63) is 34.9 Å². The van der Waals surface area contributed by atoms with E-state index in [2.05, 4.69) is 0 Å². The third-order valence-corrected chi connectivity index (χ3v) is 2.08. The zero-order valence-electron chi connectivity index (χ0n) is 8.49. The maximum absolute atomic E-state index is 11.3. The van der Waals surface area contributed by atoms with E-state index in [1.807, 2.05) is 0 Å². The first kappa shape index (κ1) is 11.7. The van der Waals surface area contributed by atoms with Gasteiger partial charge in [-0.25, -0.2) is 0 Å². The lowest BCUT2D eigenvalue weighted by Crippen LogP contribution is -2.15. The summed E-state index contributed by atoms with van der Waals surface area (Å²) in [6.07, 6.45) is -0.834. The van der Waals surface area contributed by atoms with Gasteiger partial charge in [0.2, 0.25) is 0 Å². The Morgan fingerprint density at radius 2 is 1.73 bits per heavy atom. The number of ketones is 1. The van der Waals surface area contributed by atoms with Crippen molar-refractivity contribution in [1.82, 2.24) is 0 Å². The normalized spacial score (nSPS) is 11.9. The van der Waals surface area contributed by atoms with E-state index >= 15 is 0 Å². The number of esters is 1. The minimum absolute atomic E-state index is 0.215. The van der Waals surface area contributed by atoms with E-state index < -0.39 is 12.1 Å². The van der Waals surface area contributed by atoms with Gasteiger partial charge in [0.25, 0.3) is 0 Å².